The van der Waals surface area contributed by atoms with E-state index >= 15 is 0 Å². The predicted octanol–water partition coefficient (Wildman–Crippen LogP) is 8.88. The zero-order valence-electron chi connectivity index (χ0n) is 24.0. The second kappa shape index (κ2) is 11.8. The van der Waals surface area contributed by atoms with Crippen molar-refractivity contribution in [2.75, 3.05) is 13.2 Å². The average Bonchev–Trinajstić information content (AvgIpc) is 3.24. The van der Waals surface area contributed by atoms with E-state index in [1.54, 1.807) is 0 Å². The first-order chi connectivity index (χ1) is 18.8. The van der Waals surface area contributed by atoms with Crippen molar-refractivity contribution in [3.05, 3.63) is 131 Å². The van der Waals surface area contributed by atoms with Crippen molar-refractivity contribution in [2.24, 2.45) is 0 Å². The van der Waals surface area contributed by atoms with Gasteiger partial charge in [-0.25, -0.2) is 0 Å². The molecule has 0 saturated carbocycles. The fraction of sp³-hybridized carbons (Fsp3) is 0.314. The first-order valence-electron chi connectivity index (χ1n) is 14.3. The molecule has 0 amide bonds. The molecule has 0 aromatic heterocycles. The molecule has 2 nitrogen and oxygen atoms in total. The summed E-state index contributed by atoms with van der Waals surface area (Å²) in [6.07, 6.45) is 2.13. The van der Waals surface area contributed by atoms with Crippen LogP contribution in [0.3, 0.4) is 0 Å². The molecule has 1 aliphatic carbocycles. The largest absolute Gasteiger partial charge is 0.416 e. The van der Waals surface area contributed by atoms with Crippen LogP contribution in [0.4, 0.5) is 0 Å². The Bertz CT molecular complexity index is 1260. The maximum atomic E-state index is 7.02. The van der Waals surface area contributed by atoms with Crippen molar-refractivity contribution in [1.29, 1.82) is 0 Å². The van der Waals surface area contributed by atoms with Crippen molar-refractivity contribution >= 4 is 16.6 Å². The minimum atomic E-state index is -1.92. The van der Waals surface area contributed by atoms with Gasteiger partial charge in [-0.2, -0.15) is 0 Å². The van der Waals surface area contributed by atoms with Crippen LogP contribution in [0.1, 0.15) is 22.3 Å². The maximum Gasteiger partial charge on any atom is 0.187 e. The van der Waals surface area contributed by atoms with Crippen LogP contribution in [0, 0.1) is 0 Å². The summed E-state index contributed by atoms with van der Waals surface area (Å²) in [5.41, 5.74) is 7.85. The van der Waals surface area contributed by atoms with Gasteiger partial charge in [-0.3, -0.25) is 0 Å². The van der Waals surface area contributed by atoms with Gasteiger partial charge in [0.05, 0.1) is 5.41 Å². The van der Waals surface area contributed by atoms with E-state index in [2.05, 4.69) is 135 Å². The molecule has 0 unspecified atom stereocenters. The molecule has 0 N–H and O–H groups in total. The van der Waals surface area contributed by atoms with Crippen molar-refractivity contribution in [3.63, 3.8) is 0 Å². The fourth-order valence-electron chi connectivity index (χ4n) is 5.73. The highest BCUT2D eigenvalue weighted by Crippen LogP contribution is 2.50. The zero-order chi connectivity index (χ0) is 27.3. The monoisotopic (exact) mass is 550 g/mol. The third kappa shape index (κ3) is 6.52. The highest BCUT2D eigenvalue weighted by Gasteiger charge is 2.45. The Morgan fingerprint density at radius 3 is 1.26 bits per heavy atom. The first kappa shape index (κ1) is 27.8. The summed E-state index contributed by atoms with van der Waals surface area (Å²) in [5, 5.41) is 0. The standard InChI is InChI=1S/C35H42O2Si2/c1-38(2,25-23-29-15-7-5-8-16-29)36-27-35(28-37-39(3,4)26-24-30-17-9-6-10-18-30)33-21-13-11-19-31(33)32-20-12-14-22-34(32)35/h5-22H,23-28H2,1-4H3. The van der Waals surface area contributed by atoms with Crippen molar-refractivity contribution < 1.29 is 8.85 Å². The fourth-order valence-corrected chi connectivity index (χ4v) is 9.07. The van der Waals surface area contributed by atoms with E-state index < -0.39 is 16.6 Å². The maximum absolute atomic E-state index is 7.02. The molecule has 4 aromatic carbocycles. The van der Waals surface area contributed by atoms with E-state index in [4.69, 9.17) is 8.85 Å². The molecule has 0 heterocycles. The molecule has 0 bridgehead atoms. The topological polar surface area (TPSA) is 18.5 Å². The van der Waals surface area contributed by atoms with Gasteiger partial charge in [-0.1, -0.05) is 109 Å². The molecular weight excluding hydrogens is 509 g/mol. The van der Waals surface area contributed by atoms with Crippen LogP contribution in [-0.4, -0.2) is 29.8 Å². The summed E-state index contributed by atoms with van der Waals surface area (Å²) < 4.78 is 14.0. The SMILES string of the molecule is C[Si](C)(CCc1ccccc1)OCC1(CO[Si](C)(C)CCc2ccccc2)c2ccccc2-c2ccccc21. The van der Waals surface area contributed by atoms with E-state index in [1.165, 1.54) is 33.4 Å². The van der Waals surface area contributed by atoms with Gasteiger partial charge in [0.2, 0.25) is 0 Å². The third-order valence-corrected chi connectivity index (χ3v) is 13.1. The Balaban J connectivity index is 1.39. The Morgan fingerprint density at radius 1 is 0.487 bits per heavy atom. The van der Waals surface area contributed by atoms with E-state index in [9.17, 15) is 0 Å². The van der Waals surface area contributed by atoms with E-state index in [-0.39, 0.29) is 5.41 Å². The molecule has 5 rings (SSSR count). The minimum absolute atomic E-state index is 0.290. The van der Waals surface area contributed by atoms with E-state index in [0.717, 1.165) is 24.9 Å². The summed E-state index contributed by atoms with van der Waals surface area (Å²) in [6.45, 7) is 10.8. The van der Waals surface area contributed by atoms with Gasteiger partial charge in [-0.15, -0.1) is 0 Å². The average molecular weight is 551 g/mol. The van der Waals surface area contributed by atoms with Crippen LogP contribution in [0.5, 0.6) is 0 Å². The van der Waals surface area contributed by atoms with Gasteiger partial charge in [0.25, 0.3) is 0 Å². The van der Waals surface area contributed by atoms with Crippen LogP contribution < -0.4 is 0 Å². The molecule has 0 radical (unpaired) electrons. The summed E-state index contributed by atoms with van der Waals surface area (Å²) in [4.78, 5) is 0. The minimum Gasteiger partial charge on any atom is -0.416 e. The quantitative estimate of drug-likeness (QED) is 0.164. The summed E-state index contributed by atoms with van der Waals surface area (Å²) in [5.74, 6) is 0. The predicted molar refractivity (Wildman–Crippen MR) is 169 cm³/mol. The Labute approximate surface area is 237 Å². The highest BCUT2D eigenvalue weighted by molar-refractivity contribution is 6.71. The van der Waals surface area contributed by atoms with Crippen LogP contribution in [0.25, 0.3) is 11.1 Å². The summed E-state index contributed by atoms with van der Waals surface area (Å²) >= 11 is 0. The van der Waals surface area contributed by atoms with Crippen molar-refractivity contribution in [1.82, 2.24) is 0 Å². The number of rotatable bonds is 12. The number of benzene rings is 4. The van der Waals surface area contributed by atoms with E-state index in [0.29, 0.717) is 13.2 Å². The van der Waals surface area contributed by atoms with Gasteiger partial charge < -0.3 is 8.85 Å². The molecule has 1 aliphatic rings. The lowest BCUT2D eigenvalue weighted by Crippen LogP contribution is -2.45. The smallest absolute Gasteiger partial charge is 0.187 e. The number of hydrogen-bond donors (Lipinski definition) is 0. The lowest BCUT2D eigenvalue weighted by atomic mass is 9.80. The van der Waals surface area contributed by atoms with Crippen molar-refractivity contribution in [2.45, 2.75) is 56.5 Å². The van der Waals surface area contributed by atoms with Gasteiger partial charge in [-0.05, 0) is 84.5 Å². The molecule has 0 atom stereocenters. The van der Waals surface area contributed by atoms with Crippen LogP contribution in [-0.2, 0) is 27.1 Å². The Morgan fingerprint density at radius 2 is 0.846 bits per heavy atom. The van der Waals surface area contributed by atoms with Gasteiger partial charge in [0, 0.05) is 13.2 Å². The van der Waals surface area contributed by atoms with Crippen molar-refractivity contribution in [3.8, 4) is 11.1 Å². The molecular formula is C35H42O2Si2. The summed E-state index contributed by atoms with van der Waals surface area (Å²) in [6, 6.07) is 41.6. The highest BCUT2D eigenvalue weighted by atomic mass is 28.4. The normalized spacial score (nSPS) is 14.2. The lowest BCUT2D eigenvalue weighted by molar-refractivity contribution is 0.162. The molecule has 0 spiro atoms. The number of aryl methyl sites for hydroxylation is 2. The van der Waals surface area contributed by atoms with Crippen LogP contribution in [0.15, 0.2) is 109 Å². The molecule has 39 heavy (non-hydrogen) atoms. The molecule has 0 saturated heterocycles. The lowest BCUT2D eigenvalue weighted by Gasteiger charge is -2.38. The van der Waals surface area contributed by atoms with Crippen LogP contribution >= 0.6 is 0 Å². The van der Waals surface area contributed by atoms with Gasteiger partial charge in [0.15, 0.2) is 16.6 Å². The van der Waals surface area contributed by atoms with E-state index in [1.807, 2.05) is 0 Å². The summed E-state index contributed by atoms with van der Waals surface area (Å²) in [7, 11) is -3.84. The van der Waals surface area contributed by atoms with Crippen LogP contribution in [0.2, 0.25) is 38.3 Å². The Kier molecular flexibility index (Phi) is 8.39. The first-order valence-corrected chi connectivity index (χ1v) is 20.6. The van der Waals surface area contributed by atoms with Gasteiger partial charge in [0.1, 0.15) is 0 Å². The second-order valence-electron chi connectivity index (χ2n) is 12.2. The third-order valence-electron chi connectivity index (χ3n) is 8.31. The molecule has 4 heteroatoms. The van der Waals surface area contributed by atoms with Gasteiger partial charge >= 0.3 is 0 Å². The molecule has 202 valence electrons. The second-order valence-corrected chi connectivity index (χ2v) is 20.9. The molecule has 0 fully saturated rings. The zero-order valence-corrected chi connectivity index (χ0v) is 26.0. The Hall–Kier alpha value is -2.77. The number of hydrogen-bond acceptors (Lipinski definition) is 2. The molecule has 4 aromatic rings. The molecule has 0 aliphatic heterocycles. The number of fused-ring (bicyclic) bond motifs is 3.